The fraction of sp³-hybridized carbons (Fsp3) is 0.500. The Hall–Kier alpha value is -3.04. The molecule has 3 rings (SSSR count). The molecule has 0 saturated carbocycles. The summed E-state index contributed by atoms with van der Waals surface area (Å²) in [6.07, 6.45) is 5.20. The van der Waals surface area contributed by atoms with Crippen LogP contribution in [0.25, 0.3) is 0 Å². The molecular formula is C24H34N6O3. The zero-order chi connectivity index (χ0) is 23.8. The van der Waals surface area contributed by atoms with E-state index in [0.29, 0.717) is 24.2 Å². The van der Waals surface area contributed by atoms with E-state index in [9.17, 15) is 9.59 Å². The average molecular weight is 455 g/mol. The highest BCUT2D eigenvalue weighted by atomic mass is 16.5. The molecule has 2 aromatic rings. The van der Waals surface area contributed by atoms with Crippen LogP contribution in [0.1, 0.15) is 51.3 Å². The molecule has 1 aromatic carbocycles. The SMILES string of the molecule is CCC(CC)O[C@@H]1C=C(C(=O)NCc2cn(Cc3ccccc3)nn2)C[C@H](N)[C@H]1NC(C)=O. The Kier molecular flexibility index (Phi) is 8.73. The Labute approximate surface area is 194 Å². The number of aromatic nitrogens is 3. The topological polar surface area (TPSA) is 124 Å². The Balaban J connectivity index is 1.64. The van der Waals surface area contributed by atoms with Crippen LogP contribution in [0.3, 0.4) is 0 Å². The van der Waals surface area contributed by atoms with E-state index < -0.39 is 12.1 Å². The number of ether oxygens (including phenoxy) is 1. The van der Waals surface area contributed by atoms with Crippen molar-refractivity contribution < 1.29 is 14.3 Å². The minimum atomic E-state index is -0.463. The van der Waals surface area contributed by atoms with Crippen molar-refractivity contribution in [2.75, 3.05) is 0 Å². The van der Waals surface area contributed by atoms with Crippen molar-refractivity contribution in [1.29, 1.82) is 0 Å². The first kappa shape index (κ1) is 24.6. The molecule has 9 heteroatoms. The van der Waals surface area contributed by atoms with Gasteiger partial charge in [0.1, 0.15) is 5.69 Å². The predicted octanol–water partition coefficient (Wildman–Crippen LogP) is 1.68. The highest BCUT2D eigenvalue weighted by Gasteiger charge is 2.35. The summed E-state index contributed by atoms with van der Waals surface area (Å²) >= 11 is 0. The third-order valence-corrected chi connectivity index (χ3v) is 5.76. The van der Waals surface area contributed by atoms with Crippen LogP contribution in [-0.2, 0) is 27.4 Å². The highest BCUT2D eigenvalue weighted by Crippen LogP contribution is 2.23. The van der Waals surface area contributed by atoms with Gasteiger partial charge in [-0.05, 0) is 30.9 Å². The van der Waals surface area contributed by atoms with Gasteiger partial charge in [0.15, 0.2) is 0 Å². The molecule has 1 aliphatic carbocycles. The van der Waals surface area contributed by atoms with E-state index in [4.69, 9.17) is 10.5 Å². The summed E-state index contributed by atoms with van der Waals surface area (Å²) in [5.41, 5.74) is 8.69. The van der Waals surface area contributed by atoms with Crippen molar-refractivity contribution in [2.24, 2.45) is 5.73 Å². The summed E-state index contributed by atoms with van der Waals surface area (Å²) < 4.78 is 7.94. The lowest BCUT2D eigenvalue weighted by atomic mass is 9.87. The van der Waals surface area contributed by atoms with E-state index >= 15 is 0 Å². The molecule has 1 aliphatic rings. The molecule has 1 heterocycles. The van der Waals surface area contributed by atoms with Crippen LogP contribution in [0.2, 0.25) is 0 Å². The van der Waals surface area contributed by atoms with Crippen LogP contribution in [0.15, 0.2) is 48.2 Å². The second kappa shape index (κ2) is 11.7. The number of carbonyl (C=O) groups excluding carboxylic acids is 2. The zero-order valence-corrected chi connectivity index (χ0v) is 19.5. The minimum Gasteiger partial charge on any atom is -0.369 e. The maximum Gasteiger partial charge on any atom is 0.247 e. The highest BCUT2D eigenvalue weighted by molar-refractivity contribution is 5.93. The Bertz CT molecular complexity index is 954. The lowest BCUT2D eigenvalue weighted by Crippen LogP contribution is -2.57. The fourth-order valence-electron chi connectivity index (χ4n) is 3.97. The number of nitrogens with one attached hydrogen (secondary N) is 2. The van der Waals surface area contributed by atoms with Gasteiger partial charge in [0.05, 0.1) is 37.5 Å². The van der Waals surface area contributed by atoms with E-state index in [0.717, 1.165) is 18.4 Å². The molecule has 3 atom stereocenters. The first-order valence-corrected chi connectivity index (χ1v) is 11.5. The van der Waals surface area contributed by atoms with E-state index in [1.807, 2.05) is 50.4 Å². The van der Waals surface area contributed by atoms with Gasteiger partial charge in [0.25, 0.3) is 0 Å². The maximum absolute atomic E-state index is 12.9. The van der Waals surface area contributed by atoms with Gasteiger partial charge in [-0.15, -0.1) is 5.10 Å². The molecule has 178 valence electrons. The number of hydrogen-bond acceptors (Lipinski definition) is 6. The normalized spacial score (nSPS) is 20.4. The molecule has 0 bridgehead atoms. The number of amides is 2. The van der Waals surface area contributed by atoms with Gasteiger partial charge in [0, 0.05) is 18.5 Å². The molecule has 0 radical (unpaired) electrons. The second-order valence-corrected chi connectivity index (χ2v) is 8.40. The van der Waals surface area contributed by atoms with Gasteiger partial charge in [-0.1, -0.05) is 49.4 Å². The number of benzene rings is 1. The average Bonchev–Trinajstić information content (AvgIpc) is 3.25. The summed E-state index contributed by atoms with van der Waals surface area (Å²) in [6.45, 7) is 6.42. The van der Waals surface area contributed by atoms with E-state index in [-0.39, 0.29) is 30.5 Å². The van der Waals surface area contributed by atoms with Crippen LogP contribution in [0, 0.1) is 0 Å². The summed E-state index contributed by atoms with van der Waals surface area (Å²) in [6, 6.07) is 9.17. The van der Waals surface area contributed by atoms with Crippen molar-refractivity contribution in [1.82, 2.24) is 25.6 Å². The zero-order valence-electron chi connectivity index (χ0n) is 19.5. The van der Waals surface area contributed by atoms with Gasteiger partial charge in [0.2, 0.25) is 11.8 Å². The Morgan fingerprint density at radius 2 is 1.97 bits per heavy atom. The number of nitrogens with two attached hydrogens (primary N) is 1. The van der Waals surface area contributed by atoms with Gasteiger partial charge < -0.3 is 21.1 Å². The van der Waals surface area contributed by atoms with E-state index in [2.05, 4.69) is 20.9 Å². The third-order valence-electron chi connectivity index (χ3n) is 5.76. The monoisotopic (exact) mass is 454 g/mol. The molecule has 0 spiro atoms. The molecule has 1 aromatic heterocycles. The first-order chi connectivity index (χ1) is 15.9. The largest absolute Gasteiger partial charge is 0.369 e. The Morgan fingerprint density at radius 3 is 2.64 bits per heavy atom. The lowest BCUT2D eigenvalue weighted by Gasteiger charge is -2.36. The number of hydrogen-bond donors (Lipinski definition) is 3. The third kappa shape index (κ3) is 6.97. The molecule has 33 heavy (non-hydrogen) atoms. The Morgan fingerprint density at radius 1 is 1.24 bits per heavy atom. The molecule has 0 fully saturated rings. The van der Waals surface area contributed by atoms with Crippen LogP contribution in [-0.4, -0.2) is 51.1 Å². The molecule has 0 unspecified atom stereocenters. The molecule has 9 nitrogen and oxygen atoms in total. The number of nitrogens with zero attached hydrogens (tertiary/aromatic N) is 3. The van der Waals surface area contributed by atoms with Crippen molar-refractivity contribution in [3.8, 4) is 0 Å². The summed E-state index contributed by atoms with van der Waals surface area (Å²) in [4.78, 5) is 24.6. The van der Waals surface area contributed by atoms with Crippen LogP contribution in [0.4, 0.5) is 0 Å². The minimum absolute atomic E-state index is 0.0248. The summed E-state index contributed by atoms with van der Waals surface area (Å²) in [5.74, 6) is -0.393. The standard InChI is InChI=1S/C24H34N6O3/c1-4-20(5-2)33-22-12-18(11-21(25)23(22)27-16(3)31)24(32)26-13-19-15-30(29-28-19)14-17-9-7-6-8-10-17/h6-10,12,15,20-23H,4-5,11,13-14,25H2,1-3H3,(H,26,32)(H,27,31)/t21-,22+,23+/m0/s1. The molecule has 4 N–H and O–H groups in total. The van der Waals surface area contributed by atoms with Gasteiger partial charge in [-0.25, -0.2) is 4.68 Å². The van der Waals surface area contributed by atoms with Crippen LogP contribution in [0.5, 0.6) is 0 Å². The molecule has 2 amide bonds. The maximum atomic E-state index is 12.9. The molecule has 0 saturated heterocycles. The van der Waals surface area contributed by atoms with Crippen molar-refractivity contribution in [2.45, 2.75) is 77.4 Å². The number of rotatable bonds is 10. The second-order valence-electron chi connectivity index (χ2n) is 8.40. The molecular weight excluding hydrogens is 420 g/mol. The van der Waals surface area contributed by atoms with Gasteiger partial charge in [-0.3, -0.25) is 9.59 Å². The van der Waals surface area contributed by atoms with Gasteiger partial charge >= 0.3 is 0 Å². The van der Waals surface area contributed by atoms with E-state index in [1.54, 1.807) is 10.8 Å². The number of carbonyl (C=O) groups is 2. The summed E-state index contributed by atoms with van der Waals surface area (Å²) in [5, 5.41) is 14.1. The first-order valence-electron chi connectivity index (χ1n) is 11.5. The van der Waals surface area contributed by atoms with Crippen LogP contribution < -0.4 is 16.4 Å². The van der Waals surface area contributed by atoms with Crippen LogP contribution >= 0.6 is 0 Å². The van der Waals surface area contributed by atoms with E-state index in [1.165, 1.54) is 6.92 Å². The van der Waals surface area contributed by atoms with Crippen molar-refractivity contribution >= 4 is 11.8 Å². The van der Waals surface area contributed by atoms with Crippen molar-refractivity contribution in [3.05, 3.63) is 59.4 Å². The quantitative estimate of drug-likeness (QED) is 0.502. The predicted molar refractivity (Wildman–Crippen MR) is 125 cm³/mol. The summed E-state index contributed by atoms with van der Waals surface area (Å²) in [7, 11) is 0. The molecule has 0 aliphatic heterocycles. The van der Waals surface area contributed by atoms with Gasteiger partial charge in [-0.2, -0.15) is 0 Å². The lowest BCUT2D eigenvalue weighted by molar-refractivity contribution is -0.121. The van der Waals surface area contributed by atoms with Crippen molar-refractivity contribution in [3.63, 3.8) is 0 Å². The smallest absolute Gasteiger partial charge is 0.247 e. The fourth-order valence-corrected chi connectivity index (χ4v) is 3.97.